The van der Waals surface area contributed by atoms with Crippen LogP contribution in [0.25, 0.3) is 0 Å². The Bertz CT molecular complexity index is 369. The van der Waals surface area contributed by atoms with Crippen molar-refractivity contribution in [3.05, 3.63) is 11.9 Å². The van der Waals surface area contributed by atoms with Gasteiger partial charge in [-0.2, -0.15) is 0 Å². The molecule has 1 rings (SSSR count). The first-order valence-corrected chi connectivity index (χ1v) is 6.15. The van der Waals surface area contributed by atoms with Gasteiger partial charge in [-0.25, -0.2) is 15.8 Å². The average Bonchev–Trinajstić information content (AvgIpc) is 2.27. The molecular formula is C12H23N5O. The van der Waals surface area contributed by atoms with Gasteiger partial charge in [0.15, 0.2) is 5.82 Å². The minimum Gasteiger partial charge on any atom is -0.377 e. The molecule has 0 spiro atoms. The van der Waals surface area contributed by atoms with Crippen LogP contribution in [0.15, 0.2) is 6.07 Å². The number of aromatic nitrogens is 2. The number of methoxy groups -OCH3 is 1. The molecule has 102 valence electrons. The Kier molecular flexibility index (Phi) is 5.80. The van der Waals surface area contributed by atoms with Crippen molar-refractivity contribution in [2.75, 3.05) is 17.9 Å². The summed E-state index contributed by atoms with van der Waals surface area (Å²) in [6, 6.07) is 2.14. The lowest BCUT2D eigenvalue weighted by atomic mass is 10.1. The summed E-state index contributed by atoms with van der Waals surface area (Å²) in [6.07, 6.45) is 1.08. The predicted octanol–water partition coefficient (Wildman–Crippen LogP) is 1.76. The van der Waals surface area contributed by atoms with Crippen molar-refractivity contribution in [1.82, 2.24) is 9.97 Å². The Morgan fingerprint density at radius 2 is 1.94 bits per heavy atom. The fraction of sp³-hybridized carbons (Fsp3) is 0.667. The zero-order valence-electron chi connectivity index (χ0n) is 11.5. The Morgan fingerprint density at radius 3 is 2.50 bits per heavy atom. The molecule has 1 aromatic rings. The van der Waals surface area contributed by atoms with Crippen LogP contribution in [0.4, 0.5) is 11.6 Å². The van der Waals surface area contributed by atoms with Crippen molar-refractivity contribution >= 4 is 11.6 Å². The van der Waals surface area contributed by atoms with Crippen molar-refractivity contribution in [2.24, 2.45) is 11.8 Å². The normalized spacial score (nSPS) is 12.6. The number of nitrogens with zero attached hydrogens (tertiary/aromatic N) is 2. The third kappa shape index (κ3) is 4.85. The van der Waals surface area contributed by atoms with E-state index in [1.165, 1.54) is 0 Å². The Labute approximate surface area is 108 Å². The number of hydrogen-bond donors (Lipinski definition) is 3. The highest BCUT2D eigenvalue weighted by Gasteiger charge is 2.08. The van der Waals surface area contributed by atoms with Crippen LogP contribution in [-0.2, 0) is 11.3 Å². The summed E-state index contributed by atoms with van der Waals surface area (Å²) in [4.78, 5) is 8.57. The van der Waals surface area contributed by atoms with E-state index in [0.717, 1.165) is 12.2 Å². The molecular weight excluding hydrogens is 230 g/mol. The van der Waals surface area contributed by atoms with Gasteiger partial charge >= 0.3 is 0 Å². The molecule has 0 aliphatic heterocycles. The van der Waals surface area contributed by atoms with Crippen LogP contribution in [0.2, 0.25) is 0 Å². The fourth-order valence-corrected chi connectivity index (χ4v) is 1.86. The molecule has 0 aliphatic carbocycles. The lowest BCUT2D eigenvalue weighted by Gasteiger charge is -2.17. The number of nitrogens with two attached hydrogens (primary N) is 1. The SMILES string of the molecule is COCc1nc(NN)cc(NC(C)CC(C)C)n1. The minimum atomic E-state index is 0.348. The molecule has 1 aromatic heterocycles. The number of nitrogens with one attached hydrogen (secondary N) is 2. The van der Waals surface area contributed by atoms with Crippen LogP contribution < -0.4 is 16.6 Å². The topological polar surface area (TPSA) is 85.1 Å². The van der Waals surface area contributed by atoms with Crippen molar-refractivity contribution in [2.45, 2.75) is 39.8 Å². The summed E-state index contributed by atoms with van der Waals surface area (Å²) in [5.41, 5.74) is 2.53. The maximum atomic E-state index is 5.39. The molecule has 6 heteroatoms. The highest BCUT2D eigenvalue weighted by molar-refractivity contribution is 5.47. The Hall–Kier alpha value is -1.40. The van der Waals surface area contributed by atoms with Crippen molar-refractivity contribution in [1.29, 1.82) is 0 Å². The predicted molar refractivity (Wildman–Crippen MR) is 73.1 cm³/mol. The molecule has 0 saturated carbocycles. The van der Waals surface area contributed by atoms with E-state index >= 15 is 0 Å². The first kappa shape index (κ1) is 14.7. The van der Waals surface area contributed by atoms with Crippen molar-refractivity contribution in [3.8, 4) is 0 Å². The van der Waals surface area contributed by atoms with Gasteiger partial charge in [0.25, 0.3) is 0 Å². The van der Waals surface area contributed by atoms with E-state index in [9.17, 15) is 0 Å². The van der Waals surface area contributed by atoms with Crippen LogP contribution in [-0.4, -0.2) is 23.1 Å². The summed E-state index contributed by atoms with van der Waals surface area (Å²) in [5, 5.41) is 3.34. The van der Waals surface area contributed by atoms with Gasteiger partial charge in [0.05, 0.1) is 0 Å². The number of hydrazine groups is 1. The summed E-state index contributed by atoms with van der Waals surface area (Å²) < 4.78 is 5.03. The highest BCUT2D eigenvalue weighted by atomic mass is 16.5. The minimum absolute atomic E-state index is 0.348. The molecule has 18 heavy (non-hydrogen) atoms. The molecule has 6 nitrogen and oxygen atoms in total. The van der Waals surface area contributed by atoms with Crippen LogP contribution in [0, 0.1) is 5.92 Å². The Balaban J connectivity index is 2.77. The second kappa shape index (κ2) is 7.13. The molecule has 0 amide bonds. The van der Waals surface area contributed by atoms with Crippen molar-refractivity contribution < 1.29 is 4.74 Å². The van der Waals surface area contributed by atoms with Gasteiger partial charge in [-0.1, -0.05) is 13.8 Å². The number of ether oxygens (including phenoxy) is 1. The number of anilines is 2. The zero-order chi connectivity index (χ0) is 13.5. The van der Waals surface area contributed by atoms with Crippen LogP contribution in [0.1, 0.15) is 33.0 Å². The van der Waals surface area contributed by atoms with Crippen LogP contribution in [0.5, 0.6) is 0 Å². The lowest BCUT2D eigenvalue weighted by molar-refractivity contribution is 0.178. The second-order valence-electron chi connectivity index (χ2n) is 4.81. The number of nitrogen functional groups attached to an aromatic ring is 1. The van der Waals surface area contributed by atoms with Gasteiger partial charge in [0, 0.05) is 19.2 Å². The molecule has 4 N–H and O–H groups in total. The van der Waals surface area contributed by atoms with Gasteiger partial charge in [0.1, 0.15) is 18.2 Å². The molecule has 0 aliphatic rings. The zero-order valence-corrected chi connectivity index (χ0v) is 11.5. The van der Waals surface area contributed by atoms with Gasteiger partial charge in [-0.15, -0.1) is 0 Å². The maximum Gasteiger partial charge on any atom is 0.158 e. The summed E-state index contributed by atoms with van der Waals surface area (Å²) in [7, 11) is 1.61. The molecule has 1 atom stereocenters. The molecule has 0 fully saturated rings. The third-order valence-corrected chi connectivity index (χ3v) is 2.41. The summed E-state index contributed by atoms with van der Waals surface area (Å²) >= 11 is 0. The molecule has 1 unspecified atom stereocenters. The van der Waals surface area contributed by atoms with E-state index in [-0.39, 0.29) is 0 Å². The van der Waals surface area contributed by atoms with Crippen molar-refractivity contribution in [3.63, 3.8) is 0 Å². The molecule has 0 aromatic carbocycles. The van der Waals surface area contributed by atoms with Gasteiger partial charge in [-0.05, 0) is 19.3 Å². The van der Waals surface area contributed by atoms with E-state index in [1.54, 1.807) is 13.2 Å². The maximum absolute atomic E-state index is 5.39. The van der Waals surface area contributed by atoms with E-state index < -0.39 is 0 Å². The third-order valence-electron chi connectivity index (χ3n) is 2.41. The summed E-state index contributed by atoms with van der Waals surface area (Å²) in [6.45, 7) is 6.89. The van der Waals surface area contributed by atoms with Crippen LogP contribution in [0.3, 0.4) is 0 Å². The van der Waals surface area contributed by atoms with E-state index in [4.69, 9.17) is 10.6 Å². The molecule has 0 saturated heterocycles. The molecule has 0 bridgehead atoms. The number of rotatable bonds is 7. The van der Waals surface area contributed by atoms with Gasteiger partial charge in [-0.3, -0.25) is 0 Å². The molecule has 0 radical (unpaired) electrons. The summed E-state index contributed by atoms with van der Waals surface area (Å²) in [5.74, 6) is 7.97. The first-order chi connectivity index (χ1) is 8.55. The van der Waals surface area contributed by atoms with Gasteiger partial charge in [0.2, 0.25) is 0 Å². The first-order valence-electron chi connectivity index (χ1n) is 6.15. The smallest absolute Gasteiger partial charge is 0.158 e. The molecule has 1 heterocycles. The highest BCUT2D eigenvalue weighted by Crippen LogP contribution is 2.14. The lowest BCUT2D eigenvalue weighted by Crippen LogP contribution is -2.20. The Morgan fingerprint density at radius 1 is 1.28 bits per heavy atom. The largest absolute Gasteiger partial charge is 0.377 e. The standard InChI is InChI=1S/C12H23N5O/c1-8(2)5-9(3)14-10-6-11(17-13)16-12(15-10)7-18-4/h6,8-9H,5,7,13H2,1-4H3,(H2,14,15,16,17). The second-order valence-corrected chi connectivity index (χ2v) is 4.81. The van der Waals surface area contributed by atoms with Gasteiger partial charge < -0.3 is 15.5 Å². The monoisotopic (exact) mass is 253 g/mol. The average molecular weight is 253 g/mol. The van der Waals surface area contributed by atoms with E-state index in [1.807, 2.05) is 0 Å². The quantitative estimate of drug-likeness (QED) is 0.507. The van der Waals surface area contributed by atoms with E-state index in [2.05, 4.69) is 41.5 Å². The van der Waals surface area contributed by atoms with E-state index in [0.29, 0.717) is 30.2 Å². The van der Waals surface area contributed by atoms with Crippen LogP contribution >= 0.6 is 0 Å². The number of hydrogen-bond acceptors (Lipinski definition) is 6. The fourth-order valence-electron chi connectivity index (χ4n) is 1.86.